The monoisotopic (exact) mass is 387 g/mol. The Kier molecular flexibility index (Phi) is 8.27. The van der Waals surface area contributed by atoms with Gasteiger partial charge in [0.2, 0.25) is 0 Å². The third-order valence-electron chi connectivity index (χ3n) is 4.10. The summed E-state index contributed by atoms with van der Waals surface area (Å²) in [5, 5.41) is 6.57. The van der Waals surface area contributed by atoms with Crippen LogP contribution in [-0.4, -0.2) is 47.5 Å². The maximum absolute atomic E-state index is 5.62. The lowest BCUT2D eigenvalue weighted by molar-refractivity contribution is 0.311. The van der Waals surface area contributed by atoms with Crippen molar-refractivity contribution in [1.29, 1.82) is 0 Å². The molecule has 0 amide bonds. The van der Waals surface area contributed by atoms with Crippen molar-refractivity contribution in [3.05, 3.63) is 42.0 Å². The summed E-state index contributed by atoms with van der Waals surface area (Å²) in [5.74, 6) is 3.51. The number of methoxy groups -OCH3 is 3. The van der Waals surface area contributed by atoms with Crippen LogP contribution in [0.5, 0.6) is 23.0 Å². The number of hydrogen-bond donors (Lipinski definition) is 2. The minimum atomic E-state index is 0.568. The molecular formula is C21H29N3O4. The van der Waals surface area contributed by atoms with E-state index in [1.807, 2.05) is 43.3 Å². The molecule has 0 atom stereocenters. The van der Waals surface area contributed by atoms with Crippen LogP contribution in [0.2, 0.25) is 0 Å². The molecule has 28 heavy (non-hydrogen) atoms. The molecule has 2 aromatic rings. The zero-order valence-corrected chi connectivity index (χ0v) is 17.2. The molecule has 0 aliphatic carbocycles. The van der Waals surface area contributed by atoms with E-state index in [0.717, 1.165) is 29.2 Å². The van der Waals surface area contributed by atoms with E-state index >= 15 is 0 Å². The third-order valence-corrected chi connectivity index (χ3v) is 4.10. The van der Waals surface area contributed by atoms with Crippen molar-refractivity contribution in [2.24, 2.45) is 4.99 Å². The molecule has 0 aromatic heterocycles. The van der Waals surface area contributed by atoms with Gasteiger partial charge in [0.15, 0.2) is 29.0 Å². The first-order valence-corrected chi connectivity index (χ1v) is 9.14. The Labute approximate surface area is 166 Å². The first-order valence-electron chi connectivity index (χ1n) is 9.14. The number of nitrogens with one attached hydrogen (secondary N) is 2. The van der Waals surface area contributed by atoms with Gasteiger partial charge in [0.05, 0.1) is 27.9 Å². The van der Waals surface area contributed by atoms with Crippen LogP contribution >= 0.6 is 0 Å². The molecule has 7 nitrogen and oxygen atoms in total. The lowest BCUT2D eigenvalue weighted by atomic mass is 10.1. The predicted molar refractivity (Wildman–Crippen MR) is 112 cm³/mol. The molecule has 2 N–H and O–H groups in total. The van der Waals surface area contributed by atoms with Crippen LogP contribution in [0.1, 0.15) is 12.5 Å². The Bertz CT molecular complexity index is 793. The smallest absolute Gasteiger partial charge is 0.195 e. The Morgan fingerprint density at radius 3 is 2.21 bits per heavy atom. The topological polar surface area (TPSA) is 73.3 Å². The van der Waals surface area contributed by atoms with Crippen molar-refractivity contribution in [1.82, 2.24) is 5.32 Å². The van der Waals surface area contributed by atoms with Crippen LogP contribution in [0.25, 0.3) is 0 Å². The number of nitrogens with zero attached hydrogens (tertiary/aromatic N) is 1. The maximum Gasteiger partial charge on any atom is 0.195 e. The van der Waals surface area contributed by atoms with Crippen LogP contribution in [0.3, 0.4) is 0 Å². The van der Waals surface area contributed by atoms with E-state index in [9.17, 15) is 0 Å². The molecule has 152 valence electrons. The summed E-state index contributed by atoms with van der Waals surface area (Å²) in [5.41, 5.74) is 2.01. The van der Waals surface area contributed by atoms with Crippen molar-refractivity contribution in [2.45, 2.75) is 13.3 Å². The average molecular weight is 387 g/mol. The highest BCUT2D eigenvalue weighted by molar-refractivity contribution is 5.93. The Morgan fingerprint density at radius 1 is 0.893 bits per heavy atom. The third kappa shape index (κ3) is 5.70. The number of aliphatic imine (C=N–C) groups is 1. The molecule has 0 spiro atoms. The predicted octanol–water partition coefficient (Wildman–Crippen LogP) is 3.34. The van der Waals surface area contributed by atoms with Crippen LogP contribution in [0.4, 0.5) is 5.69 Å². The Balaban J connectivity index is 1.95. The summed E-state index contributed by atoms with van der Waals surface area (Å²) >= 11 is 0. The second-order valence-electron chi connectivity index (χ2n) is 5.86. The zero-order valence-electron chi connectivity index (χ0n) is 17.2. The van der Waals surface area contributed by atoms with Gasteiger partial charge in [0.1, 0.15) is 0 Å². The molecule has 0 saturated heterocycles. The molecule has 0 fully saturated rings. The van der Waals surface area contributed by atoms with Gasteiger partial charge >= 0.3 is 0 Å². The number of benzene rings is 2. The summed E-state index contributed by atoms with van der Waals surface area (Å²) in [6.45, 7) is 3.22. The number of guanidine groups is 1. The Morgan fingerprint density at radius 2 is 1.57 bits per heavy atom. The number of ether oxygens (including phenoxy) is 4. The summed E-state index contributed by atoms with van der Waals surface area (Å²) in [4.78, 5) is 4.27. The molecule has 2 rings (SSSR count). The standard InChI is InChI=1S/C21H29N3O4/c1-6-28-20-14-16(8-10-18(20)26-4)24-21(22-2)23-12-11-15-7-9-17(25-3)19(13-15)27-5/h7-10,13-14H,6,11-12H2,1-5H3,(H2,22,23,24). The van der Waals surface area contributed by atoms with Crippen molar-refractivity contribution in [3.8, 4) is 23.0 Å². The van der Waals surface area contributed by atoms with Crippen LogP contribution in [-0.2, 0) is 6.42 Å². The van der Waals surface area contributed by atoms with Crippen molar-refractivity contribution < 1.29 is 18.9 Å². The number of hydrogen-bond acceptors (Lipinski definition) is 5. The van der Waals surface area contributed by atoms with E-state index < -0.39 is 0 Å². The van der Waals surface area contributed by atoms with Crippen molar-refractivity contribution in [3.63, 3.8) is 0 Å². The molecule has 0 radical (unpaired) electrons. The summed E-state index contributed by atoms with van der Waals surface area (Å²) in [6, 6.07) is 11.6. The first-order chi connectivity index (χ1) is 13.6. The highest BCUT2D eigenvalue weighted by atomic mass is 16.5. The second-order valence-corrected chi connectivity index (χ2v) is 5.86. The minimum Gasteiger partial charge on any atom is -0.493 e. The summed E-state index contributed by atoms with van der Waals surface area (Å²) in [6.07, 6.45) is 0.813. The molecule has 0 aliphatic heterocycles. The SMILES string of the molecule is CCOc1cc(NC(=NC)NCCc2ccc(OC)c(OC)c2)ccc1OC. The van der Waals surface area contributed by atoms with E-state index in [0.29, 0.717) is 30.6 Å². The van der Waals surface area contributed by atoms with Crippen LogP contribution in [0.15, 0.2) is 41.4 Å². The summed E-state index contributed by atoms with van der Waals surface area (Å²) < 4.78 is 21.6. The lowest BCUT2D eigenvalue weighted by Crippen LogP contribution is -2.32. The van der Waals surface area contributed by atoms with Gasteiger partial charge in [0, 0.05) is 25.3 Å². The van der Waals surface area contributed by atoms with E-state index in [4.69, 9.17) is 18.9 Å². The van der Waals surface area contributed by atoms with Crippen molar-refractivity contribution in [2.75, 3.05) is 46.8 Å². The fourth-order valence-corrected chi connectivity index (χ4v) is 2.70. The largest absolute Gasteiger partial charge is 0.493 e. The van der Waals surface area contributed by atoms with E-state index in [-0.39, 0.29) is 0 Å². The Hall–Kier alpha value is -3.09. The molecule has 0 aliphatic rings. The van der Waals surface area contributed by atoms with E-state index in [2.05, 4.69) is 15.6 Å². The molecule has 0 unspecified atom stereocenters. The molecule has 0 heterocycles. The molecule has 0 bridgehead atoms. The molecule has 7 heteroatoms. The van der Waals surface area contributed by atoms with Gasteiger partial charge in [-0.05, 0) is 43.2 Å². The fraction of sp³-hybridized carbons (Fsp3) is 0.381. The van der Waals surface area contributed by atoms with Gasteiger partial charge in [-0.2, -0.15) is 0 Å². The van der Waals surface area contributed by atoms with Crippen LogP contribution < -0.4 is 29.6 Å². The van der Waals surface area contributed by atoms with Crippen LogP contribution in [0, 0.1) is 0 Å². The molecule has 0 saturated carbocycles. The average Bonchev–Trinajstić information content (AvgIpc) is 2.73. The van der Waals surface area contributed by atoms with E-state index in [1.165, 1.54) is 0 Å². The first kappa shape index (κ1) is 21.2. The highest BCUT2D eigenvalue weighted by Crippen LogP contribution is 2.30. The van der Waals surface area contributed by atoms with Gasteiger partial charge in [0.25, 0.3) is 0 Å². The van der Waals surface area contributed by atoms with Gasteiger partial charge in [-0.3, -0.25) is 4.99 Å². The molecule has 2 aromatic carbocycles. The highest BCUT2D eigenvalue weighted by Gasteiger charge is 2.08. The lowest BCUT2D eigenvalue weighted by Gasteiger charge is -2.15. The fourth-order valence-electron chi connectivity index (χ4n) is 2.70. The van der Waals surface area contributed by atoms with Gasteiger partial charge in [-0.25, -0.2) is 0 Å². The van der Waals surface area contributed by atoms with Crippen molar-refractivity contribution >= 4 is 11.6 Å². The van der Waals surface area contributed by atoms with Gasteiger partial charge in [-0.15, -0.1) is 0 Å². The molecular weight excluding hydrogens is 358 g/mol. The normalized spacial score (nSPS) is 11.0. The summed E-state index contributed by atoms with van der Waals surface area (Å²) in [7, 11) is 6.63. The number of rotatable bonds is 9. The van der Waals surface area contributed by atoms with Gasteiger partial charge < -0.3 is 29.6 Å². The number of anilines is 1. The minimum absolute atomic E-state index is 0.568. The quantitative estimate of drug-likeness (QED) is 0.508. The maximum atomic E-state index is 5.62. The van der Waals surface area contributed by atoms with Gasteiger partial charge in [-0.1, -0.05) is 6.07 Å². The second kappa shape index (κ2) is 10.9. The van der Waals surface area contributed by atoms with E-state index in [1.54, 1.807) is 28.4 Å². The zero-order chi connectivity index (χ0) is 20.4.